The van der Waals surface area contributed by atoms with Crippen molar-refractivity contribution >= 4 is 16.8 Å². The van der Waals surface area contributed by atoms with Gasteiger partial charge in [0.25, 0.3) is 5.91 Å². The summed E-state index contributed by atoms with van der Waals surface area (Å²) in [5.41, 5.74) is 3.27. The number of fused-ring (bicyclic) bond motifs is 1. The van der Waals surface area contributed by atoms with Crippen LogP contribution in [0.15, 0.2) is 30.3 Å². The molecule has 138 valence electrons. The first kappa shape index (κ1) is 17.4. The van der Waals surface area contributed by atoms with Crippen LogP contribution in [0.25, 0.3) is 10.9 Å². The number of aromatic nitrogens is 1. The van der Waals surface area contributed by atoms with Gasteiger partial charge in [-0.05, 0) is 43.9 Å². The molecule has 1 N–H and O–H groups in total. The van der Waals surface area contributed by atoms with Crippen LogP contribution in [0.1, 0.15) is 44.0 Å². The van der Waals surface area contributed by atoms with E-state index in [1.54, 1.807) is 0 Å². The Morgan fingerprint density at radius 3 is 2.88 bits per heavy atom. The van der Waals surface area contributed by atoms with Gasteiger partial charge in [-0.25, -0.2) is 0 Å². The highest BCUT2D eigenvalue weighted by molar-refractivity contribution is 5.84. The van der Waals surface area contributed by atoms with Gasteiger partial charge in [-0.15, -0.1) is 0 Å². The monoisotopic (exact) mass is 353 g/mol. The van der Waals surface area contributed by atoms with Gasteiger partial charge >= 0.3 is 0 Å². The standard InChI is InChI=1S/C21H27N3O2/c1-3-15-12-19(23-18-7-5-4-6-17(15)18)14(2)24(16-8-9-16)21(25)20-13-22-10-11-26-20/h4-7,12,14,16,20,22H,3,8-11,13H2,1-2H3/t14-,20-/m1/s1. The van der Waals surface area contributed by atoms with Crippen LogP contribution in [0.5, 0.6) is 0 Å². The number of hydrogen-bond acceptors (Lipinski definition) is 4. The lowest BCUT2D eigenvalue weighted by Crippen LogP contribution is -2.50. The predicted octanol–water partition coefficient (Wildman–Crippen LogP) is 2.84. The van der Waals surface area contributed by atoms with Gasteiger partial charge < -0.3 is 15.0 Å². The number of aryl methyl sites for hydroxylation is 1. The molecule has 26 heavy (non-hydrogen) atoms. The van der Waals surface area contributed by atoms with Gasteiger partial charge in [0.05, 0.1) is 23.9 Å². The van der Waals surface area contributed by atoms with Crippen LogP contribution in [0.3, 0.4) is 0 Å². The van der Waals surface area contributed by atoms with E-state index in [2.05, 4.69) is 43.4 Å². The first-order valence-electron chi connectivity index (χ1n) is 9.72. The summed E-state index contributed by atoms with van der Waals surface area (Å²) < 4.78 is 5.73. The van der Waals surface area contributed by atoms with E-state index in [4.69, 9.17) is 9.72 Å². The fourth-order valence-corrected chi connectivity index (χ4v) is 3.85. The second-order valence-corrected chi connectivity index (χ2v) is 7.29. The van der Waals surface area contributed by atoms with E-state index in [9.17, 15) is 4.79 Å². The van der Waals surface area contributed by atoms with E-state index in [-0.39, 0.29) is 18.1 Å². The maximum atomic E-state index is 13.1. The third-order valence-corrected chi connectivity index (χ3v) is 5.45. The zero-order valence-corrected chi connectivity index (χ0v) is 15.6. The largest absolute Gasteiger partial charge is 0.366 e. The van der Waals surface area contributed by atoms with Gasteiger partial charge in [-0.1, -0.05) is 25.1 Å². The van der Waals surface area contributed by atoms with Crippen LogP contribution >= 0.6 is 0 Å². The summed E-state index contributed by atoms with van der Waals surface area (Å²) in [4.78, 5) is 20.1. The Hall–Kier alpha value is -1.98. The van der Waals surface area contributed by atoms with Gasteiger partial charge in [-0.2, -0.15) is 0 Å². The van der Waals surface area contributed by atoms with Crippen LogP contribution in [0, 0.1) is 0 Å². The molecule has 1 saturated carbocycles. The van der Waals surface area contributed by atoms with E-state index in [1.807, 2.05) is 11.0 Å². The van der Waals surface area contributed by atoms with E-state index < -0.39 is 0 Å². The molecule has 1 aliphatic heterocycles. The number of pyridine rings is 1. The average Bonchev–Trinajstić information content (AvgIpc) is 3.52. The molecular formula is C21H27N3O2. The minimum absolute atomic E-state index is 0.0459. The van der Waals surface area contributed by atoms with E-state index >= 15 is 0 Å². The van der Waals surface area contributed by atoms with Crippen molar-refractivity contribution in [1.29, 1.82) is 0 Å². The van der Waals surface area contributed by atoms with Crippen LogP contribution in [-0.2, 0) is 16.0 Å². The molecule has 2 fully saturated rings. The quantitative estimate of drug-likeness (QED) is 0.898. The lowest BCUT2D eigenvalue weighted by atomic mass is 10.0. The summed E-state index contributed by atoms with van der Waals surface area (Å²) in [7, 11) is 0. The maximum Gasteiger partial charge on any atom is 0.253 e. The van der Waals surface area contributed by atoms with Crippen molar-refractivity contribution in [2.24, 2.45) is 0 Å². The second kappa shape index (κ2) is 7.33. The van der Waals surface area contributed by atoms with Crippen molar-refractivity contribution in [3.8, 4) is 0 Å². The Kier molecular flexibility index (Phi) is 4.92. The summed E-state index contributed by atoms with van der Waals surface area (Å²) in [6.45, 7) is 6.27. The number of para-hydroxylation sites is 1. The molecule has 0 radical (unpaired) electrons. The minimum Gasteiger partial charge on any atom is -0.366 e. The summed E-state index contributed by atoms with van der Waals surface area (Å²) >= 11 is 0. The Balaban J connectivity index is 1.66. The number of hydrogen-bond donors (Lipinski definition) is 1. The van der Waals surface area contributed by atoms with Gasteiger partial charge in [0.15, 0.2) is 0 Å². The van der Waals surface area contributed by atoms with Crippen molar-refractivity contribution < 1.29 is 9.53 Å². The number of ether oxygens (including phenoxy) is 1. The lowest BCUT2D eigenvalue weighted by molar-refractivity contribution is -0.148. The number of nitrogens with zero attached hydrogens (tertiary/aromatic N) is 2. The number of carbonyl (C=O) groups excluding carboxylic acids is 1. The molecule has 2 aromatic rings. The zero-order chi connectivity index (χ0) is 18.1. The van der Waals surface area contributed by atoms with Crippen LogP contribution < -0.4 is 5.32 Å². The molecule has 2 heterocycles. The summed E-state index contributed by atoms with van der Waals surface area (Å²) in [6, 6.07) is 10.7. The molecule has 1 amide bonds. The Morgan fingerprint density at radius 1 is 1.38 bits per heavy atom. The van der Waals surface area contributed by atoms with Crippen molar-refractivity contribution in [3.05, 3.63) is 41.6 Å². The molecule has 1 aromatic heterocycles. The molecule has 0 spiro atoms. The van der Waals surface area contributed by atoms with Crippen molar-refractivity contribution in [1.82, 2.24) is 15.2 Å². The molecule has 4 rings (SSSR count). The molecular weight excluding hydrogens is 326 g/mol. The Morgan fingerprint density at radius 2 is 2.19 bits per heavy atom. The van der Waals surface area contributed by atoms with Crippen molar-refractivity contribution in [3.63, 3.8) is 0 Å². The van der Waals surface area contributed by atoms with Crippen LogP contribution in [0.2, 0.25) is 0 Å². The molecule has 0 bridgehead atoms. The third-order valence-electron chi connectivity index (χ3n) is 5.45. The Bertz CT molecular complexity index is 797. The second-order valence-electron chi connectivity index (χ2n) is 7.29. The Labute approximate surface area is 154 Å². The zero-order valence-electron chi connectivity index (χ0n) is 15.6. The normalized spacial score (nSPS) is 21.5. The first-order valence-corrected chi connectivity index (χ1v) is 9.72. The third kappa shape index (κ3) is 3.33. The fourth-order valence-electron chi connectivity index (χ4n) is 3.85. The minimum atomic E-state index is -0.377. The fraction of sp³-hybridized carbons (Fsp3) is 0.524. The summed E-state index contributed by atoms with van der Waals surface area (Å²) in [6.07, 6.45) is 2.72. The smallest absolute Gasteiger partial charge is 0.253 e. The highest BCUT2D eigenvalue weighted by Crippen LogP contribution is 2.35. The molecule has 1 saturated heterocycles. The molecule has 2 aliphatic rings. The van der Waals surface area contributed by atoms with Gasteiger partial charge in [0.1, 0.15) is 6.10 Å². The number of nitrogens with one attached hydrogen (secondary N) is 1. The van der Waals surface area contributed by atoms with Gasteiger partial charge in [0.2, 0.25) is 0 Å². The van der Waals surface area contributed by atoms with Gasteiger partial charge in [-0.3, -0.25) is 9.78 Å². The molecule has 2 atom stereocenters. The molecule has 5 nitrogen and oxygen atoms in total. The number of rotatable bonds is 5. The highest BCUT2D eigenvalue weighted by Gasteiger charge is 2.40. The van der Waals surface area contributed by atoms with Crippen molar-refractivity contribution in [2.45, 2.75) is 51.3 Å². The average molecular weight is 353 g/mol. The number of morpholine rings is 1. The summed E-state index contributed by atoms with van der Waals surface area (Å²) in [5, 5.41) is 4.47. The highest BCUT2D eigenvalue weighted by atomic mass is 16.5. The number of benzene rings is 1. The first-order chi connectivity index (χ1) is 12.7. The topological polar surface area (TPSA) is 54.5 Å². The summed E-state index contributed by atoms with van der Waals surface area (Å²) in [5.74, 6) is 0.0974. The molecule has 5 heteroatoms. The predicted molar refractivity (Wildman–Crippen MR) is 102 cm³/mol. The van der Waals surface area contributed by atoms with Crippen LogP contribution in [-0.4, -0.2) is 47.6 Å². The lowest BCUT2D eigenvalue weighted by Gasteiger charge is -2.34. The van der Waals surface area contributed by atoms with E-state index in [1.165, 1.54) is 10.9 Å². The van der Waals surface area contributed by atoms with E-state index in [0.29, 0.717) is 19.2 Å². The van der Waals surface area contributed by atoms with Crippen LogP contribution in [0.4, 0.5) is 0 Å². The number of amides is 1. The molecule has 1 aromatic carbocycles. The number of carbonyl (C=O) groups is 1. The molecule has 0 unspecified atom stereocenters. The van der Waals surface area contributed by atoms with Gasteiger partial charge in [0, 0.05) is 24.5 Å². The van der Waals surface area contributed by atoms with Crippen molar-refractivity contribution in [2.75, 3.05) is 19.7 Å². The maximum absolute atomic E-state index is 13.1. The molecule has 1 aliphatic carbocycles. The SMILES string of the molecule is CCc1cc([C@@H](C)N(C(=O)[C@H]2CNCCO2)C2CC2)nc2ccccc12. The van der Waals surface area contributed by atoms with E-state index in [0.717, 1.165) is 37.0 Å².